The van der Waals surface area contributed by atoms with E-state index in [0.29, 0.717) is 22.5 Å². The SMILES string of the molecule is Cc1c(C(=O)Nc2nc(C3CCNCC3)nn2C)oc2ccc(Cl)cc12.Cl. The molecule has 3 aromatic rings. The lowest BCUT2D eigenvalue weighted by molar-refractivity contribution is 0.0996. The average Bonchev–Trinajstić information content (AvgIpc) is 3.16. The molecular formula is C18H21Cl2N5O2. The Labute approximate surface area is 167 Å². The highest BCUT2D eigenvalue weighted by atomic mass is 35.5. The normalized spacial score (nSPS) is 14.9. The molecule has 0 saturated carbocycles. The predicted octanol–water partition coefficient (Wildman–Crippen LogP) is 3.66. The fourth-order valence-electron chi connectivity index (χ4n) is 3.33. The van der Waals surface area contributed by atoms with Gasteiger partial charge in [0.25, 0.3) is 5.91 Å². The van der Waals surface area contributed by atoms with Crippen LogP contribution in [0, 0.1) is 6.92 Å². The third-order valence-electron chi connectivity index (χ3n) is 4.81. The van der Waals surface area contributed by atoms with Crippen molar-refractivity contribution in [2.24, 2.45) is 7.05 Å². The second kappa shape index (κ2) is 7.88. The van der Waals surface area contributed by atoms with Gasteiger partial charge in [0.2, 0.25) is 5.95 Å². The molecule has 0 atom stereocenters. The minimum absolute atomic E-state index is 0. The number of benzene rings is 1. The van der Waals surface area contributed by atoms with Crippen LogP contribution in [0.1, 0.15) is 40.7 Å². The summed E-state index contributed by atoms with van der Waals surface area (Å²) < 4.78 is 7.32. The Bertz CT molecular complexity index is 976. The van der Waals surface area contributed by atoms with E-state index in [1.54, 1.807) is 29.9 Å². The molecule has 1 fully saturated rings. The average molecular weight is 410 g/mol. The third kappa shape index (κ3) is 3.81. The number of aromatic nitrogens is 3. The van der Waals surface area contributed by atoms with E-state index in [2.05, 4.69) is 20.7 Å². The maximum absolute atomic E-state index is 12.7. The van der Waals surface area contributed by atoms with Gasteiger partial charge in [0.05, 0.1) is 0 Å². The van der Waals surface area contributed by atoms with Crippen LogP contribution < -0.4 is 10.6 Å². The van der Waals surface area contributed by atoms with Gasteiger partial charge in [-0.25, -0.2) is 4.68 Å². The summed E-state index contributed by atoms with van der Waals surface area (Å²) in [6.45, 7) is 3.77. The number of hydrogen-bond donors (Lipinski definition) is 2. The van der Waals surface area contributed by atoms with Crippen molar-refractivity contribution < 1.29 is 9.21 Å². The van der Waals surface area contributed by atoms with Gasteiger partial charge < -0.3 is 9.73 Å². The van der Waals surface area contributed by atoms with Crippen molar-refractivity contribution in [3.63, 3.8) is 0 Å². The molecule has 2 aromatic heterocycles. The molecule has 1 aromatic carbocycles. The molecule has 1 saturated heterocycles. The van der Waals surface area contributed by atoms with E-state index < -0.39 is 0 Å². The van der Waals surface area contributed by atoms with Crippen LogP contribution in [0.25, 0.3) is 11.0 Å². The number of rotatable bonds is 3. The largest absolute Gasteiger partial charge is 0.451 e. The number of fused-ring (bicyclic) bond motifs is 1. The van der Waals surface area contributed by atoms with E-state index in [0.717, 1.165) is 42.7 Å². The molecular weight excluding hydrogens is 389 g/mol. The lowest BCUT2D eigenvalue weighted by atomic mass is 9.98. The van der Waals surface area contributed by atoms with Gasteiger partial charge in [-0.2, -0.15) is 10.1 Å². The quantitative estimate of drug-likeness (QED) is 0.689. The summed E-state index contributed by atoms with van der Waals surface area (Å²) in [6.07, 6.45) is 2.00. The van der Waals surface area contributed by atoms with Gasteiger partial charge in [0.15, 0.2) is 11.6 Å². The van der Waals surface area contributed by atoms with Gasteiger partial charge in [0, 0.05) is 28.9 Å². The molecule has 1 aliphatic heterocycles. The van der Waals surface area contributed by atoms with Gasteiger partial charge in [-0.05, 0) is 51.1 Å². The number of piperidine rings is 1. The van der Waals surface area contributed by atoms with Gasteiger partial charge in [-0.1, -0.05) is 11.6 Å². The van der Waals surface area contributed by atoms with E-state index in [9.17, 15) is 4.79 Å². The molecule has 0 radical (unpaired) electrons. The number of aryl methyl sites for hydroxylation is 2. The number of carbonyl (C=O) groups excluding carboxylic acids is 1. The molecule has 0 aliphatic carbocycles. The van der Waals surface area contributed by atoms with Crippen molar-refractivity contribution >= 4 is 46.8 Å². The minimum atomic E-state index is -0.345. The zero-order valence-corrected chi connectivity index (χ0v) is 16.7. The van der Waals surface area contributed by atoms with Crippen LogP contribution in [0.4, 0.5) is 5.95 Å². The standard InChI is InChI=1S/C18H20ClN5O2.ClH/c1-10-13-9-12(19)3-4-14(13)26-15(10)17(25)22-18-21-16(23-24(18)2)11-5-7-20-8-6-11;/h3-4,9,11,20H,5-8H2,1-2H3,(H,21,22,23,25);1H. The first-order valence-electron chi connectivity index (χ1n) is 8.64. The summed E-state index contributed by atoms with van der Waals surface area (Å²) in [7, 11) is 1.78. The predicted molar refractivity (Wildman–Crippen MR) is 107 cm³/mol. The first-order valence-corrected chi connectivity index (χ1v) is 9.02. The fourth-order valence-corrected chi connectivity index (χ4v) is 3.51. The molecule has 0 bridgehead atoms. The zero-order valence-electron chi connectivity index (χ0n) is 15.1. The van der Waals surface area contributed by atoms with Crippen LogP contribution in [0.2, 0.25) is 5.02 Å². The van der Waals surface area contributed by atoms with E-state index in [1.165, 1.54) is 0 Å². The number of halogens is 2. The first-order chi connectivity index (χ1) is 12.5. The van der Waals surface area contributed by atoms with E-state index in [4.69, 9.17) is 16.0 Å². The summed E-state index contributed by atoms with van der Waals surface area (Å²) in [4.78, 5) is 17.2. The lowest BCUT2D eigenvalue weighted by Gasteiger charge is -2.19. The molecule has 0 spiro atoms. The Balaban J connectivity index is 0.00000210. The summed E-state index contributed by atoms with van der Waals surface area (Å²) in [5.41, 5.74) is 1.38. The molecule has 2 N–H and O–H groups in total. The number of anilines is 1. The number of carbonyl (C=O) groups is 1. The number of hydrogen-bond acceptors (Lipinski definition) is 5. The molecule has 9 heteroatoms. The topological polar surface area (TPSA) is 85.0 Å². The fraction of sp³-hybridized carbons (Fsp3) is 0.389. The van der Waals surface area contributed by atoms with Crippen molar-refractivity contribution in [3.8, 4) is 0 Å². The highest BCUT2D eigenvalue weighted by molar-refractivity contribution is 6.31. The Morgan fingerprint density at radius 2 is 2.11 bits per heavy atom. The summed E-state index contributed by atoms with van der Waals surface area (Å²) in [5, 5.41) is 12.0. The number of nitrogens with one attached hydrogen (secondary N) is 2. The smallest absolute Gasteiger partial charge is 0.294 e. The maximum atomic E-state index is 12.7. The van der Waals surface area contributed by atoms with E-state index >= 15 is 0 Å². The van der Waals surface area contributed by atoms with E-state index in [1.807, 2.05) is 6.92 Å². The Morgan fingerprint density at radius 1 is 1.37 bits per heavy atom. The monoisotopic (exact) mass is 409 g/mol. The maximum Gasteiger partial charge on any atom is 0.294 e. The van der Waals surface area contributed by atoms with Crippen LogP contribution in [-0.4, -0.2) is 33.8 Å². The van der Waals surface area contributed by atoms with Crippen LogP contribution in [-0.2, 0) is 7.05 Å². The highest BCUT2D eigenvalue weighted by Crippen LogP contribution is 2.28. The lowest BCUT2D eigenvalue weighted by Crippen LogP contribution is -2.27. The second-order valence-electron chi connectivity index (χ2n) is 6.59. The minimum Gasteiger partial charge on any atom is -0.451 e. The van der Waals surface area contributed by atoms with E-state index in [-0.39, 0.29) is 24.1 Å². The third-order valence-corrected chi connectivity index (χ3v) is 5.05. The Hall–Kier alpha value is -2.09. The highest BCUT2D eigenvalue weighted by Gasteiger charge is 2.23. The molecule has 3 heterocycles. The molecule has 27 heavy (non-hydrogen) atoms. The molecule has 1 aliphatic rings. The number of nitrogens with zero attached hydrogens (tertiary/aromatic N) is 3. The van der Waals surface area contributed by atoms with Crippen LogP contribution in [0.15, 0.2) is 22.6 Å². The van der Waals surface area contributed by atoms with Crippen molar-refractivity contribution in [1.29, 1.82) is 0 Å². The second-order valence-corrected chi connectivity index (χ2v) is 7.03. The van der Waals surface area contributed by atoms with Crippen LogP contribution >= 0.6 is 24.0 Å². The molecule has 0 unspecified atom stereocenters. The summed E-state index contributed by atoms with van der Waals surface area (Å²) in [6, 6.07) is 5.30. The summed E-state index contributed by atoms with van der Waals surface area (Å²) in [5.74, 6) is 1.43. The van der Waals surface area contributed by atoms with Gasteiger partial charge in [0.1, 0.15) is 5.58 Å². The van der Waals surface area contributed by atoms with Gasteiger partial charge >= 0.3 is 0 Å². The molecule has 4 rings (SSSR count). The molecule has 7 nitrogen and oxygen atoms in total. The van der Waals surface area contributed by atoms with Crippen molar-refractivity contribution in [2.75, 3.05) is 18.4 Å². The van der Waals surface area contributed by atoms with Crippen LogP contribution in [0.5, 0.6) is 0 Å². The summed E-state index contributed by atoms with van der Waals surface area (Å²) >= 11 is 6.04. The van der Waals surface area contributed by atoms with Crippen LogP contribution in [0.3, 0.4) is 0 Å². The first kappa shape index (κ1) is 19.7. The van der Waals surface area contributed by atoms with Gasteiger partial charge in [-0.3, -0.25) is 10.1 Å². The molecule has 144 valence electrons. The van der Waals surface area contributed by atoms with Gasteiger partial charge in [-0.15, -0.1) is 12.4 Å². The van der Waals surface area contributed by atoms with Crippen molar-refractivity contribution in [1.82, 2.24) is 20.1 Å². The Kier molecular flexibility index (Phi) is 5.74. The Morgan fingerprint density at radius 3 is 2.85 bits per heavy atom. The zero-order chi connectivity index (χ0) is 18.3. The van der Waals surface area contributed by atoms with Crippen molar-refractivity contribution in [2.45, 2.75) is 25.7 Å². The molecule has 1 amide bonds. The number of amides is 1. The number of furan rings is 1. The van der Waals surface area contributed by atoms with Crippen molar-refractivity contribution in [3.05, 3.63) is 40.4 Å².